The maximum absolute atomic E-state index is 11.4. The fourth-order valence-electron chi connectivity index (χ4n) is 2.19. The monoisotopic (exact) mass is 370 g/mol. The number of thioether (sulfide) groups is 1. The molecule has 0 bridgehead atoms. The maximum Gasteiger partial charge on any atom is 0.337 e. The van der Waals surface area contributed by atoms with Gasteiger partial charge in [-0.05, 0) is 36.4 Å². The third kappa shape index (κ3) is 4.86. The van der Waals surface area contributed by atoms with E-state index in [0.717, 1.165) is 17.1 Å². The zero-order valence-electron chi connectivity index (χ0n) is 14.3. The van der Waals surface area contributed by atoms with Gasteiger partial charge in [0.2, 0.25) is 11.8 Å². The topological polar surface area (TPSA) is 74.5 Å². The van der Waals surface area contributed by atoms with Crippen molar-refractivity contribution in [1.29, 1.82) is 0 Å². The third-order valence-electron chi connectivity index (χ3n) is 3.48. The van der Waals surface area contributed by atoms with Gasteiger partial charge >= 0.3 is 5.97 Å². The quantitative estimate of drug-likeness (QED) is 0.440. The Kier molecular flexibility index (Phi) is 6.27. The van der Waals surface area contributed by atoms with E-state index >= 15 is 0 Å². The molecule has 0 unspecified atom stereocenters. The number of esters is 1. The van der Waals surface area contributed by atoms with E-state index in [1.54, 1.807) is 36.0 Å². The predicted octanol–water partition coefficient (Wildman–Crippen LogP) is 3.84. The van der Waals surface area contributed by atoms with Gasteiger partial charge in [0.05, 0.1) is 25.0 Å². The minimum atomic E-state index is -0.378. The minimum absolute atomic E-state index is 0.378. The van der Waals surface area contributed by atoms with Crippen molar-refractivity contribution in [3.63, 3.8) is 0 Å². The smallest absolute Gasteiger partial charge is 0.337 e. The number of benzene rings is 2. The first-order valence-corrected chi connectivity index (χ1v) is 9.18. The van der Waals surface area contributed by atoms with Crippen molar-refractivity contribution in [3.05, 3.63) is 66.1 Å². The number of rotatable bonds is 8. The van der Waals surface area contributed by atoms with E-state index in [4.69, 9.17) is 9.15 Å². The summed E-state index contributed by atoms with van der Waals surface area (Å²) in [5.41, 5.74) is 1.23. The number of para-hydroxylation sites is 1. The van der Waals surface area contributed by atoms with Gasteiger partial charge in [0, 0.05) is 11.3 Å². The normalized spacial score (nSPS) is 10.5. The molecule has 0 aliphatic carbocycles. The summed E-state index contributed by atoms with van der Waals surface area (Å²) < 4.78 is 16.0. The summed E-state index contributed by atoms with van der Waals surface area (Å²) >= 11 is 1.66. The maximum atomic E-state index is 11.4. The zero-order chi connectivity index (χ0) is 18.2. The molecule has 0 aliphatic heterocycles. The Labute approximate surface area is 155 Å². The summed E-state index contributed by atoms with van der Waals surface area (Å²) in [6.07, 6.45) is 0. The highest BCUT2D eigenvalue weighted by Crippen LogP contribution is 2.21. The van der Waals surface area contributed by atoms with Gasteiger partial charge in [0.25, 0.3) is 0 Å². The molecule has 6 nitrogen and oxygen atoms in total. The first kappa shape index (κ1) is 18.0. The van der Waals surface area contributed by atoms with Crippen LogP contribution in [0.3, 0.4) is 0 Å². The third-order valence-corrected chi connectivity index (χ3v) is 4.39. The molecule has 0 radical (unpaired) electrons. The first-order valence-electron chi connectivity index (χ1n) is 8.03. The molecule has 2 aromatic carbocycles. The van der Waals surface area contributed by atoms with Gasteiger partial charge in [-0.2, -0.15) is 0 Å². The number of nitrogens with zero attached hydrogens (tertiary/aromatic N) is 2. The van der Waals surface area contributed by atoms with Crippen molar-refractivity contribution >= 4 is 17.7 Å². The predicted molar refractivity (Wildman–Crippen MR) is 99.2 cm³/mol. The Bertz CT molecular complexity index is 834. The molecule has 26 heavy (non-hydrogen) atoms. The van der Waals surface area contributed by atoms with Crippen LogP contribution >= 0.6 is 11.8 Å². The summed E-state index contributed by atoms with van der Waals surface area (Å²) in [5.74, 6) is 2.91. The van der Waals surface area contributed by atoms with E-state index in [-0.39, 0.29) is 5.97 Å². The molecule has 0 spiro atoms. The Hall–Kier alpha value is -2.80. The van der Waals surface area contributed by atoms with Crippen LogP contribution in [0, 0.1) is 0 Å². The van der Waals surface area contributed by atoms with Crippen LogP contribution in [0.15, 0.2) is 59.0 Å². The molecule has 0 aliphatic rings. The highest BCUT2D eigenvalue weighted by Gasteiger charge is 2.10. The van der Waals surface area contributed by atoms with Crippen LogP contribution in [0.2, 0.25) is 0 Å². The van der Waals surface area contributed by atoms with Gasteiger partial charge < -0.3 is 13.9 Å². The van der Waals surface area contributed by atoms with Crippen molar-refractivity contribution in [2.24, 2.45) is 0 Å². The molecule has 0 amide bonds. The van der Waals surface area contributed by atoms with E-state index in [1.165, 1.54) is 7.11 Å². The van der Waals surface area contributed by atoms with Crippen LogP contribution in [-0.2, 0) is 10.5 Å². The molecule has 7 heteroatoms. The molecule has 1 heterocycles. The Morgan fingerprint density at radius 2 is 1.85 bits per heavy atom. The fourth-order valence-corrected chi connectivity index (χ4v) is 2.83. The summed E-state index contributed by atoms with van der Waals surface area (Å²) in [6, 6.07) is 16.6. The lowest BCUT2D eigenvalue weighted by Crippen LogP contribution is -2.00. The molecule has 0 atom stereocenters. The number of hydrogen-bond donors (Lipinski definition) is 0. The highest BCUT2D eigenvalue weighted by atomic mass is 32.2. The van der Waals surface area contributed by atoms with E-state index in [2.05, 4.69) is 14.9 Å². The van der Waals surface area contributed by atoms with Crippen molar-refractivity contribution < 1.29 is 18.7 Å². The molecule has 134 valence electrons. The van der Waals surface area contributed by atoms with Gasteiger partial charge in [-0.1, -0.05) is 18.2 Å². The number of ether oxygens (including phenoxy) is 2. The Balaban J connectivity index is 1.46. The van der Waals surface area contributed by atoms with E-state index < -0.39 is 0 Å². The molecule has 0 saturated heterocycles. The molecular weight excluding hydrogens is 352 g/mol. The molecule has 3 aromatic rings. The molecule has 3 rings (SSSR count). The number of carbonyl (C=O) groups excluding carboxylic acids is 1. The van der Waals surface area contributed by atoms with Crippen LogP contribution < -0.4 is 4.74 Å². The average molecular weight is 370 g/mol. The minimum Gasteiger partial charge on any atom is -0.493 e. The molecule has 0 N–H and O–H groups in total. The van der Waals surface area contributed by atoms with Crippen LogP contribution in [0.25, 0.3) is 11.5 Å². The SMILES string of the molecule is COC(=O)c1ccc(-c2nnc(CSCCOc3ccccc3)o2)cc1. The van der Waals surface area contributed by atoms with Crippen molar-refractivity contribution in [3.8, 4) is 17.2 Å². The Morgan fingerprint density at radius 3 is 2.58 bits per heavy atom. The average Bonchev–Trinajstić information content (AvgIpc) is 3.17. The summed E-state index contributed by atoms with van der Waals surface area (Å²) in [7, 11) is 1.35. The summed E-state index contributed by atoms with van der Waals surface area (Å²) in [4.78, 5) is 11.4. The van der Waals surface area contributed by atoms with Crippen molar-refractivity contribution in [2.45, 2.75) is 5.75 Å². The highest BCUT2D eigenvalue weighted by molar-refractivity contribution is 7.98. The largest absolute Gasteiger partial charge is 0.493 e. The second kappa shape index (κ2) is 9.05. The molecule has 1 aromatic heterocycles. The van der Waals surface area contributed by atoms with Crippen LogP contribution in [0.5, 0.6) is 5.75 Å². The molecule has 0 saturated carbocycles. The number of hydrogen-bond acceptors (Lipinski definition) is 7. The molecular formula is C19H18N2O4S. The number of methoxy groups -OCH3 is 1. The van der Waals surface area contributed by atoms with Gasteiger partial charge in [-0.3, -0.25) is 0 Å². The van der Waals surface area contributed by atoms with Gasteiger partial charge in [-0.25, -0.2) is 4.79 Å². The van der Waals surface area contributed by atoms with Crippen LogP contribution in [0.4, 0.5) is 0 Å². The van der Waals surface area contributed by atoms with Crippen LogP contribution in [-0.4, -0.2) is 35.6 Å². The zero-order valence-corrected chi connectivity index (χ0v) is 15.1. The lowest BCUT2D eigenvalue weighted by Gasteiger charge is -2.04. The summed E-state index contributed by atoms with van der Waals surface area (Å²) in [5, 5.41) is 8.10. The Morgan fingerprint density at radius 1 is 1.08 bits per heavy atom. The lowest BCUT2D eigenvalue weighted by molar-refractivity contribution is 0.0600. The fraction of sp³-hybridized carbons (Fsp3) is 0.211. The van der Waals surface area contributed by atoms with E-state index in [0.29, 0.717) is 29.7 Å². The number of carbonyl (C=O) groups is 1. The van der Waals surface area contributed by atoms with E-state index in [9.17, 15) is 4.79 Å². The standard InChI is InChI=1S/C19H18N2O4S/c1-23-19(22)15-9-7-14(8-10-15)18-21-20-17(25-18)13-26-12-11-24-16-5-3-2-4-6-16/h2-10H,11-13H2,1H3. The van der Waals surface area contributed by atoms with Gasteiger partial charge in [0.1, 0.15) is 5.75 Å². The summed E-state index contributed by atoms with van der Waals surface area (Å²) in [6.45, 7) is 0.616. The second-order valence-electron chi connectivity index (χ2n) is 5.28. The molecule has 0 fully saturated rings. The van der Waals surface area contributed by atoms with Gasteiger partial charge in [-0.15, -0.1) is 22.0 Å². The van der Waals surface area contributed by atoms with Crippen LogP contribution in [0.1, 0.15) is 16.2 Å². The van der Waals surface area contributed by atoms with Crippen molar-refractivity contribution in [2.75, 3.05) is 19.5 Å². The first-order chi connectivity index (χ1) is 12.8. The number of aromatic nitrogens is 2. The van der Waals surface area contributed by atoms with E-state index in [1.807, 2.05) is 30.3 Å². The van der Waals surface area contributed by atoms with Gasteiger partial charge in [0.15, 0.2) is 0 Å². The second-order valence-corrected chi connectivity index (χ2v) is 6.39. The lowest BCUT2D eigenvalue weighted by atomic mass is 10.1. The van der Waals surface area contributed by atoms with Crippen molar-refractivity contribution in [1.82, 2.24) is 10.2 Å².